The topological polar surface area (TPSA) is 104 Å². The van der Waals surface area contributed by atoms with E-state index in [0.717, 1.165) is 22.3 Å². The minimum absolute atomic E-state index is 0.432. The molecule has 0 N–H and O–H groups in total. The number of pyridine rings is 2. The molecule has 0 bridgehead atoms. The summed E-state index contributed by atoms with van der Waals surface area (Å²) in [4.78, 5) is 7.97. The van der Waals surface area contributed by atoms with Crippen molar-refractivity contribution in [3.63, 3.8) is 0 Å². The van der Waals surface area contributed by atoms with Gasteiger partial charge in [-0.3, -0.25) is 9.97 Å². The summed E-state index contributed by atoms with van der Waals surface area (Å²) in [5, 5.41) is 16.4. The molecule has 1 aromatic carbocycles. The Morgan fingerprint density at radius 3 is 1.00 bits per heavy atom. The molecule has 28 heavy (non-hydrogen) atoms. The maximum absolute atomic E-state index is 5.76. The standard InChI is InChI=1S/C20H12N6O2/c1-2-14(18-24-26-20(28-18)16-7-11-22-12-8-16)4-3-13(1)17-23-25-19(27-17)15-5-9-21-10-6-15/h1-12H. The Kier molecular flexibility index (Phi) is 3.91. The van der Waals surface area contributed by atoms with Crippen molar-refractivity contribution in [3.05, 3.63) is 73.3 Å². The van der Waals surface area contributed by atoms with Crippen LogP contribution in [0.4, 0.5) is 0 Å². The van der Waals surface area contributed by atoms with E-state index in [-0.39, 0.29) is 0 Å². The molecule has 5 rings (SSSR count). The molecule has 134 valence electrons. The van der Waals surface area contributed by atoms with Gasteiger partial charge >= 0.3 is 0 Å². The van der Waals surface area contributed by atoms with Gasteiger partial charge in [0.05, 0.1) is 0 Å². The molecule has 0 spiro atoms. The van der Waals surface area contributed by atoms with Gasteiger partial charge in [0, 0.05) is 47.0 Å². The maximum Gasteiger partial charge on any atom is 0.248 e. The molecular formula is C20H12N6O2. The number of aromatic nitrogens is 6. The lowest BCUT2D eigenvalue weighted by Crippen LogP contribution is -1.81. The van der Waals surface area contributed by atoms with Gasteiger partial charge in [-0.1, -0.05) is 0 Å². The summed E-state index contributed by atoms with van der Waals surface area (Å²) in [7, 11) is 0. The fourth-order valence-electron chi connectivity index (χ4n) is 2.66. The van der Waals surface area contributed by atoms with Gasteiger partial charge in [0.1, 0.15) is 0 Å². The van der Waals surface area contributed by atoms with Crippen molar-refractivity contribution in [1.29, 1.82) is 0 Å². The summed E-state index contributed by atoms with van der Waals surface area (Å²) >= 11 is 0. The zero-order valence-corrected chi connectivity index (χ0v) is 14.4. The van der Waals surface area contributed by atoms with Crippen molar-refractivity contribution >= 4 is 0 Å². The minimum atomic E-state index is 0.432. The second-order valence-electron chi connectivity index (χ2n) is 5.87. The van der Waals surface area contributed by atoms with Crippen LogP contribution in [0.15, 0.2) is 82.2 Å². The highest BCUT2D eigenvalue weighted by atomic mass is 16.4. The van der Waals surface area contributed by atoms with E-state index in [2.05, 4.69) is 30.4 Å². The Hall–Kier alpha value is -4.20. The summed E-state index contributed by atoms with van der Waals surface area (Å²) < 4.78 is 11.5. The lowest BCUT2D eigenvalue weighted by atomic mass is 10.1. The summed E-state index contributed by atoms with van der Waals surface area (Å²) in [6, 6.07) is 14.7. The van der Waals surface area contributed by atoms with Crippen LogP contribution in [-0.4, -0.2) is 30.4 Å². The molecule has 0 saturated carbocycles. The zero-order chi connectivity index (χ0) is 18.8. The third-order valence-corrected chi connectivity index (χ3v) is 4.08. The van der Waals surface area contributed by atoms with Crippen molar-refractivity contribution in [2.75, 3.05) is 0 Å². The van der Waals surface area contributed by atoms with Crippen molar-refractivity contribution in [1.82, 2.24) is 30.4 Å². The normalized spacial score (nSPS) is 10.9. The minimum Gasteiger partial charge on any atom is -0.416 e. The summed E-state index contributed by atoms with van der Waals surface area (Å²) in [6.07, 6.45) is 6.72. The van der Waals surface area contributed by atoms with Gasteiger partial charge in [0.25, 0.3) is 0 Å². The molecule has 5 aromatic rings. The number of nitrogens with zero attached hydrogens (tertiary/aromatic N) is 6. The van der Waals surface area contributed by atoms with Crippen LogP contribution < -0.4 is 0 Å². The molecule has 0 unspecified atom stereocenters. The van der Waals surface area contributed by atoms with Crippen molar-refractivity contribution in [2.24, 2.45) is 0 Å². The Bertz CT molecular complexity index is 1100. The molecule has 8 heteroatoms. The van der Waals surface area contributed by atoms with Crippen molar-refractivity contribution in [3.8, 4) is 45.8 Å². The first-order valence-electron chi connectivity index (χ1n) is 8.45. The second-order valence-corrected chi connectivity index (χ2v) is 5.87. The Morgan fingerprint density at radius 1 is 0.393 bits per heavy atom. The number of hydrogen-bond donors (Lipinski definition) is 0. The molecule has 4 aromatic heterocycles. The fraction of sp³-hybridized carbons (Fsp3) is 0. The van der Waals surface area contributed by atoms with Gasteiger partial charge in [-0.2, -0.15) is 0 Å². The highest BCUT2D eigenvalue weighted by Crippen LogP contribution is 2.27. The quantitative estimate of drug-likeness (QED) is 0.470. The monoisotopic (exact) mass is 368 g/mol. The van der Waals surface area contributed by atoms with E-state index in [0.29, 0.717) is 23.6 Å². The van der Waals surface area contributed by atoms with Gasteiger partial charge in [-0.25, -0.2) is 0 Å². The van der Waals surface area contributed by atoms with Gasteiger partial charge < -0.3 is 8.83 Å². The Balaban J connectivity index is 1.40. The largest absolute Gasteiger partial charge is 0.416 e. The van der Waals surface area contributed by atoms with Crippen LogP contribution in [0.1, 0.15) is 0 Å². The van der Waals surface area contributed by atoms with Gasteiger partial charge in [0.15, 0.2) is 0 Å². The third kappa shape index (κ3) is 3.03. The van der Waals surface area contributed by atoms with E-state index in [1.54, 1.807) is 24.8 Å². The van der Waals surface area contributed by atoms with Gasteiger partial charge in [0.2, 0.25) is 23.6 Å². The van der Waals surface area contributed by atoms with Gasteiger partial charge in [-0.05, 0) is 48.5 Å². The molecule has 0 atom stereocenters. The van der Waals surface area contributed by atoms with Crippen LogP contribution in [0.2, 0.25) is 0 Å². The third-order valence-electron chi connectivity index (χ3n) is 4.08. The first kappa shape index (κ1) is 16.0. The molecule has 0 amide bonds. The average molecular weight is 368 g/mol. The molecule has 8 nitrogen and oxygen atoms in total. The predicted molar refractivity (Wildman–Crippen MR) is 99.5 cm³/mol. The molecule has 0 radical (unpaired) electrons. The fourth-order valence-corrected chi connectivity index (χ4v) is 2.66. The summed E-state index contributed by atoms with van der Waals surface area (Å²) in [5.74, 6) is 1.75. The Labute approximate surface area is 159 Å². The van der Waals surface area contributed by atoms with E-state index in [1.165, 1.54) is 0 Å². The first-order valence-corrected chi connectivity index (χ1v) is 8.45. The van der Waals surface area contributed by atoms with E-state index >= 15 is 0 Å². The van der Waals surface area contributed by atoms with Crippen LogP contribution in [0.5, 0.6) is 0 Å². The highest BCUT2D eigenvalue weighted by Gasteiger charge is 2.13. The molecule has 0 aliphatic carbocycles. The number of rotatable bonds is 4. The van der Waals surface area contributed by atoms with Crippen LogP contribution in [-0.2, 0) is 0 Å². The lowest BCUT2D eigenvalue weighted by Gasteiger charge is -1.98. The predicted octanol–water partition coefficient (Wildman–Crippen LogP) is 3.91. The van der Waals surface area contributed by atoms with E-state index in [1.807, 2.05) is 48.5 Å². The van der Waals surface area contributed by atoms with E-state index < -0.39 is 0 Å². The molecule has 4 heterocycles. The Morgan fingerprint density at radius 2 is 0.679 bits per heavy atom. The molecule has 0 aliphatic heterocycles. The van der Waals surface area contributed by atoms with Crippen molar-refractivity contribution < 1.29 is 8.83 Å². The summed E-state index contributed by atoms with van der Waals surface area (Å²) in [5.41, 5.74) is 3.23. The number of benzene rings is 1. The highest BCUT2D eigenvalue weighted by molar-refractivity contribution is 5.63. The zero-order valence-electron chi connectivity index (χ0n) is 14.4. The molecular weight excluding hydrogens is 356 g/mol. The number of hydrogen-bond acceptors (Lipinski definition) is 8. The maximum atomic E-state index is 5.76. The molecule has 0 aliphatic rings. The first-order chi connectivity index (χ1) is 13.9. The van der Waals surface area contributed by atoms with Crippen LogP contribution >= 0.6 is 0 Å². The molecule has 0 fully saturated rings. The second kappa shape index (κ2) is 6.84. The van der Waals surface area contributed by atoms with E-state index in [9.17, 15) is 0 Å². The van der Waals surface area contributed by atoms with Crippen molar-refractivity contribution in [2.45, 2.75) is 0 Å². The van der Waals surface area contributed by atoms with Crippen LogP contribution in [0, 0.1) is 0 Å². The van der Waals surface area contributed by atoms with Gasteiger partial charge in [-0.15, -0.1) is 20.4 Å². The average Bonchev–Trinajstić information content (AvgIpc) is 3.46. The smallest absolute Gasteiger partial charge is 0.248 e. The molecule has 0 saturated heterocycles. The SMILES string of the molecule is c1cc(-c2nnc(-c3ccc(-c4nnc(-c5ccncc5)o4)cc3)o2)ccn1. The van der Waals surface area contributed by atoms with Crippen LogP contribution in [0.3, 0.4) is 0 Å². The lowest BCUT2D eigenvalue weighted by molar-refractivity contribution is 0.582. The van der Waals surface area contributed by atoms with E-state index in [4.69, 9.17) is 8.83 Å². The summed E-state index contributed by atoms with van der Waals surface area (Å²) in [6.45, 7) is 0. The van der Waals surface area contributed by atoms with Crippen LogP contribution in [0.25, 0.3) is 45.8 Å².